The first-order valence-electron chi connectivity index (χ1n) is 7.95. The third-order valence-electron chi connectivity index (χ3n) is 3.80. The number of aryl methyl sites for hydroxylation is 2. The van der Waals surface area contributed by atoms with Crippen LogP contribution >= 0.6 is 11.3 Å². The van der Waals surface area contributed by atoms with Gasteiger partial charge >= 0.3 is 0 Å². The molecule has 0 aliphatic heterocycles. The van der Waals surface area contributed by atoms with Crippen molar-refractivity contribution < 1.29 is 0 Å². The van der Waals surface area contributed by atoms with Crippen LogP contribution in [0, 0.1) is 12.8 Å². The molecule has 0 saturated carbocycles. The standard InChI is InChI=1S/C19H27NS/c1-15(2)20-14-18(9-10-19-8-5-11-21-19)13-17-7-4-6-16(3)12-17/h4-8,11-12,15,18,20H,9-10,13-14H2,1-3H3. The molecule has 0 radical (unpaired) electrons. The minimum atomic E-state index is 0.562. The third kappa shape index (κ3) is 6.03. The van der Waals surface area contributed by atoms with Crippen molar-refractivity contribution in [2.45, 2.75) is 46.1 Å². The maximum absolute atomic E-state index is 3.61. The zero-order valence-electron chi connectivity index (χ0n) is 13.4. The van der Waals surface area contributed by atoms with Gasteiger partial charge in [-0.15, -0.1) is 11.3 Å². The van der Waals surface area contributed by atoms with Crippen molar-refractivity contribution in [1.82, 2.24) is 5.32 Å². The smallest absolute Gasteiger partial charge is 0.00453 e. The lowest BCUT2D eigenvalue weighted by Crippen LogP contribution is -2.30. The van der Waals surface area contributed by atoms with Gasteiger partial charge in [0.25, 0.3) is 0 Å². The fourth-order valence-corrected chi connectivity index (χ4v) is 3.38. The van der Waals surface area contributed by atoms with Crippen LogP contribution in [-0.4, -0.2) is 12.6 Å². The Kier molecular flexibility index (Phi) is 6.47. The van der Waals surface area contributed by atoms with Gasteiger partial charge in [0.15, 0.2) is 0 Å². The summed E-state index contributed by atoms with van der Waals surface area (Å²) in [6.45, 7) is 7.74. The molecule has 0 fully saturated rings. The average Bonchev–Trinajstić information content (AvgIpc) is 2.95. The predicted octanol–water partition coefficient (Wildman–Crippen LogP) is 4.85. The Morgan fingerprint density at radius 3 is 2.67 bits per heavy atom. The van der Waals surface area contributed by atoms with Crippen molar-refractivity contribution in [3.63, 3.8) is 0 Å². The van der Waals surface area contributed by atoms with Gasteiger partial charge in [-0.3, -0.25) is 0 Å². The van der Waals surface area contributed by atoms with Crippen molar-refractivity contribution in [2.24, 2.45) is 5.92 Å². The molecule has 0 aliphatic carbocycles. The molecule has 1 N–H and O–H groups in total. The van der Waals surface area contributed by atoms with Gasteiger partial charge in [0, 0.05) is 10.9 Å². The van der Waals surface area contributed by atoms with Crippen LogP contribution in [0.15, 0.2) is 41.8 Å². The second-order valence-electron chi connectivity index (χ2n) is 6.24. The van der Waals surface area contributed by atoms with E-state index in [-0.39, 0.29) is 0 Å². The topological polar surface area (TPSA) is 12.0 Å². The summed E-state index contributed by atoms with van der Waals surface area (Å²) in [6, 6.07) is 13.9. The summed E-state index contributed by atoms with van der Waals surface area (Å²) in [5.41, 5.74) is 2.83. The second-order valence-corrected chi connectivity index (χ2v) is 7.27. The first-order chi connectivity index (χ1) is 10.1. The van der Waals surface area contributed by atoms with E-state index in [1.165, 1.54) is 35.3 Å². The summed E-state index contributed by atoms with van der Waals surface area (Å²) in [5.74, 6) is 0.705. The summed E-state index contributed by atoms with van der Waals surface area (Å²) in [7, 11) is 0. The number of nitrogens with one attached hydrogen (secondary N) is 1. The molecule has 114 valence electrons. The maximum Gasteiger partial charge on any atom is 0.00453 e. The highest BCUT2D eigenvalue weighted by atomic mass is 32.1. The Bertz CT molecular complexity index is 516. The molecule has 0 bridgehead atoms. The fraction of sp³-hybridized carbons (Fsp3) is 0.474. The number of thiophene rings is 1. The van der Waals surface area contributed by atoms with Crippen LogP contribution in [0.2, 0.25) is 0 Å². The zero-order chi connectivity index (χ0) is 15.1. The highest BCUT2D eigenvalue weighted by Crippen LogP contribution is 2.18. The van der Waals surface area contributed by atoms with E-state index in [1.807, 2.05) is 11.3 Å². The number of hydrogen-bond donors (Lipinski definition) is 1. The van der Waals surface area contributed by atoms with Gasteiger partial charge in [-0.1, -0.05) is 49.7 Å². The van der Waals surface area contributed by atoms with E-state index in [9.17, 15) is 0 Å². The van der Waals surface area contributed by atoms with Crippen molar-refractivity contribution in [1.29, 1.82) is 0 Å². The van der Waals surface area contributed by atoms with Crippen LogP contribution in [0.5, 0.6) is 0 Å². The molecule has 2 aromatic rings. The van der Waals surface area contributed by atoms with Gasteiger partial charge in [-0.05, 0) is 55.7 Å². The van der Waals surface area contributed by atoms with Crippen molar-refractivity contribution in [3.8, 4) is 0 Å². The quantitative estimate of drug-likeness (QED) is 0.735. The number of benzene rings is 1. The molecule has 1 heterocycles. The third-order valence-corrected chi connectivity index (χ3v) is 4.74. The molecule has 0 amide bonds. The van der Waals surface area contributed by atoms with Gasteiger partial charge < -0.3 is 5.32 Å². The highest BCUT2D eigenvalue weighted by Gasteiger charge is 2.11. The molecule has 2 rings (SSSR count). The summed E-state index contributed by atoms with van der Waals surface area (Å²) in [5, 5.41) is 5.79. The van der Waals surface area contributed by atoms with E-state index < -0.39 is 0 Å². The molecule has 0 saturated heterocycles. The fourth-order valence-electron chi connectivity index (χ4n) is 2.65. The van der Waals surface area contributed by atoms with Crippen LogP contribution < -0.4 is 5.32 Å². The molecule has 2 heteroatoms. The molecule has 0 spiro atoms. The van der Waals surface area contributed by atoms with Gasteiger partial charge in [0.05, 0.1) is 0 Å². The summed E-state index contributed by atoms with van der Waals surface area (Å²) in [4.78, 5) is 1.51. The number of rotatable bonds is 8. The van der Waals surface area contributed by atoms with Crippen LogP contribution in [0.25, 0.3) is 0 Å². The lowest BCUT2D eigenvalue weighted by atomic mass is 9.93. The molecule has 1 aromatic heterocycles. The molecule has 1 unspecified atom stereocenters. The molecule has 1 aromatic carbocycles. The SMILES string of the molecule is Cc1cccc(CC(CCc2cccs2)CNC(C)C)c1. The van der Waals surface area contributed by atoms with Crippen molar-refractivity contribution in [3.05, 3.63) is 57.8 Å². The highest BCUT2D eigenvalue weighted by molar-refractivity contribution is 7.09. The van der Waals surface area contributed by atoms with E-state index in [1.54, 1.807) is 0 Å². The Hall–Kier alpha value is -1.12. The van der Waals surface area contributed by atoms with Crippen molar-refractivity contribution >= 4 is 11.3 Å². The molecule has 1 atom stereocenters. The first-order valence-corrected chi connectivity index (χ1v) is 8.82. The number of hydrogen-bond acceptors (Lipinski definition) is 2. The molecular weight excluding hydrogens is 274 g/mol. The van der Waals surface area contributed by atoms with Gasteiger partial charge in [0.2, 0.25) is 0 Å². The first kappa shape index (κ1) is 16.3. The summed E-state index contributed by atoms with van der Waals surface area (Å²) < 4.78 is 0. The maximum atomic E-state index is 3.61. The zero-order valence-corrected chi connectivity index (χ0v) is 14.2. The molecule has 1 nitrogen and oxygen atoms in total. The summed E-state index contributed by atoms with van der Waals surface area (Å²) in [6.07, 6.45) is 3.63. The molecule has 0 aliphatic rings. The lowest BCUT2D eigenvalue weighted by molar-refractivity contribution is 0.423. The van der Waals surface area contributed by atoms with Crippen LogP contribution in [0.4, 0.5) is 0 Å². The monoisotopic (exact) mass is 301 g/mol. The molecule has 21 heavy (non-hydrogen) atoms. The average molecular weight is 301 g/mol. The Morgan fingerprint density at radius 1 is 1.14 bits per heavy atom. The largest absolute Gasteiger partial charge is 0.314 e. The Morgan fingerprint density at radius 2 is 2.00 bits per heavy atom. The van der Waals surface area contributed by atoms with E-state index in [2.05, 4.69) is 67.9 Å². The Balaban J connectivity index is 1.93. The normalized spacial score (nSPS) is 12.8. The van der Waals surface area contributed by atoms with Gasteiger partial charge in [-0.2, -0.15) is 0 Å². The van der Waals surface area contributed by atoms with E-state index in [4.69, 9.17) is 0 Å². The van der Waals surface area contributed by atoms with E-state index in [0.717, 1.165) is 6.54 Å². The second kappa shape index (κ2) is 8.35. The predicted molar refractivity (Wildman–Crippen MR) is 94.2 cm³/mol. The minimum absolute atomic E-state index is 0.562. The van der Waals surface area contributed by atoms with E-state index >= 15 is 0 Å². The molecular formula is C19H27NS. The van der Waals surface area contributed by atoms with Crippen molar-refractivity contribution in [2.75, 3.05) is 6.54 Å². The van der Waals surface area contributed by atoms with E-state index in [0.29, 0.717) is 12.0 Å². The Labute approximate surface area is 133 Å². The van der Waals surface area contributed by atoms with Crippen LogP contribution in [0.3, 0.4) is 0 Å². The van der Waals surface area contributed by atoms with Gasteiger partial charge in [-0.25, -0.2) is 0 Å². The van der Waals surface area contributed by atoms with Crippen LogP contribution in [-0.2, 0) is 12.8 Å². The summed E-state index contributed by atoms with van der Waals surface area (Å²) >= 11 is 1.88. The van der Waals surface area contributed by atoms with Crippen LogP contribution in [0.1, 0.15) is 36.3 Å². The minimum Gasteiger partial charge on any atom is -0.314 e. The lowest BCUT2D eigenvalue weighted by Gasteiger charge is -2.19. The van der Waals surface area contributed by atoms with Gasteiger partial charge in [0.1, 0.15) is 0 Å².